The molecule has 0 aromatic heterocycles. The first-order chi connectivity index (χ1) is 12.7. The average molecular weight is 369 g/mol. The molecule has 2 amide bonds. The molecule has 3 rings (SSSR count). The third-order valence-corrected chi connectivity index (χ3v) is 5.28. The van der Waals surface area contributed by atoms with Crippen LogP contribution in [0.5, 0.6) is 5.75 Å². The summed E-state index contributed by atoms with van der Waals surface area (Å²) < 4.78 is 5.78. The number of amides is 2. The third kappa shape index (κ3) is 5.36. The van der Waals surface area contributed by atoms with E-state index in [4.69, 9.17) is 4.74 Å². The fourth-order valence-corrected chi connectivity index (χ4v) is 3.68. The van der Waals surface area contributed by atoms with Gasteiger partial charge in [-0.15, -0.1) is 11.8 Å². The lowest BCUT2D eigenvalue weighted by molar-refractivity contribution is -0.143. The topological polar surface area (TPSA) is 46.6 Å². The van der Waals surface area contributed by atoms with Gasteiger partial charge in [-0.3, -0.25) is 14.5 Å². The number of carbonyl (C=O) groups is 2. The molecule has 0 radical (unpaired) electrons. The van der Waals surface area contributed by atoms with Gasteiger partial charge in [0, 0.05) is 30.0 Å². The van der Waals surface area contributed by atoms with Crippen LogP contribution in [0.1, 0.15) is 31.2 Å². The SMILES string of the molecule is O=C1CCCCC(=O)N1CCSc1ccc(OCc2ccccc2)cc1. The van der Waals surface area contributed by atoms with Crippen molar-refractivity contribution >= 4 is 23.6 Å². The lowest BCUT2D eigenvalue weighted by atomic mass is 10.2. The highest BCUT2D eigenvalue weighted by Gasteiger charge is 2.23. The Balaban J connectivity index is 1.45. The number of rotatable bonds is 7. The van der Waals surface area contributed by atoms with E-state index in [0.29, 0.717) is 31.7 Å². The van der Waals surface area contributed by atoms with Gasteiger partial charge in [-0.1, -0.05) is 30.3 Å². The largest absolute Gasteiger partial charge is 0.489 e. The Morgan fingerprint density at radius 1 is 0.885 bits per heavy atom. The molecule has 2 aromatic carbocycles. The van der Waals surface area contributed by atoms with Crippen LogP contribution in [0.3, 0.4) is 0 Å². The van der Waals surface area contributed by atoms with Crippen molar-refractivity contribution < 1.29 is 14.3 Å². The van der Waals surface area contributed by atoms with Crippen LogP contribution in [0.4, 0.5) is 0 Å². The number of thioether (sulfide) groups is 1. The monoisotopic (exact) mass is 369 g/mol. The van der Waals surface area contributed by atoms with Crippen molar-refractivity contribution in [1.82, 2.24) is 4.90 Å². The third-order valence-electron chi connectivity index (χ3n) is 4.29. The second-order valence-electron chi connectivity index (χ2n) is 6.24. The maximum atomic E-state index is 12.0. The maximum Gasteiger partial charge on any atom is 0.229 e. The molecule has 0 N–H and O–H groups in total. The van der Waals surface area contributed by atoms with Crippen LogP contribution in [-0.2, 0) is 16.2 Å². The van der Waals surface area contributed by atoms with Crippen molar-refractivity contribution in [3.05, 3.63) is 60.2 Å². The van der Waals surface area contributed by atoms with Crippen molar-refractivity contribution in [2.45, 2.75) is 37.2 Å². The van der Waals surface area contributed by atoms with Crippen LogP contribution in [0, 0.1) is 0 Å². The van der Waals surface area contributed by atoms with Crippen LogP contribution < -0.4 is 4.74 Å². The zero-order valence-corrected chi connectivity index (χ0v) is 15.5. The summed E-state index contributed by atoms with van der Waals surface area (Å²) in [5, 5.41) is 0. The fourth-order valence-electron chi connectivity index (χ4n) is 2.84. The first-order valence-corrected chi connectivity index (χ1v) is 9.94. The van der Waals surface area contributed by atoms with E-state index in [9.17, 15) is 9.59 Å². The van der Waals surface area contributed by atoms with Gasteiger partial charge in [0.15, 0.2) is 0 Å². The first kappa shape index (κ1) is 18.5. The molecule has 136 valence electrons. The van der Waals surface area contributed by atoms with Gasteiger partial charge in [0.25, 0.3) is 0 Å². The number of imide groups is 1. The summed E-state index contributed by atoms with van der Waals surface area (Å²) in [5.41, 5.74) is 1.14. The molecule has 2 aromatic rings. The van der Waals surface area contributed by atoms with Gasteiger partial charge >= 0.3 is 0 Å². The van der Waals surface area contributed by atoms with E-state index < -0.39 is 0 Å². The smallest absolute Gasteiger partial charge is 0.229 e. The van der Waals surface area contributed by atoms with E-state index in [1.807, 2.05) is 54.6 Å². The molecule has 26 heavy (non-hydrogen) atoms. The summed E-state index contributed by atoms with van der Waals surface area (Å²) in [7, 11) is 0. The average Bonchev–Trinajstić information content (AvgIpc) is 2.83. The standard InChI is InChI=1S/C21H23NO3S/c23-20-8-4-5-9-21(24)22(20)14-15-26-19-12-10-18(11-13-19)25-16-17-6-2-1-3-7-17/h1-3,6-7,10-13H,4-5,8-9,14-16H2. The molecule has 1 aliphatic heterocycles. The van der Waals surface area contributed by atoms with E-state index in [2.05, 4.69) is 0 Å². The minimum Gasteiger partial charge on any atom is -0.489 e. The molecule has 0 aliphatic carbocycles. The van der Waals surface area contributed by atoms with Gasteiger partial charge in [-0.05, 0) is 42.7 Å². The Morgan fingerprint density at radius 3 is 2.19 bits per heavy atom. The number of likely N-dealkylation sites (tertiary alicyclic amines) is 1. The number of nitrogens with zero attached hydrogens (tertiary/aromatic N) is 1. The van der Waals surface area contributed by atoms with Crippen LogP contribution in [-0.4, -0.2) is 29.0 Å². The summed E-state index contributed by atoms with van der Waals surface area (Å²) in [6, 6.07) is 18.0. The molecule has 0 saturated carbocycles. The second-order valence-corrected chi connectivity index (χ2v) is 7.41. The molecule has 4 nitrogen and oxygen atoms in total. The fraction of sp³-hybridized carbons (Fsp3) is 0.333. The van der Waals surface area contributed by atoms with Crippen LogP contribution in [0.25, 0.3) is 0 Å². The molecule has 1 saturated heterocycles. The zero-order valence-electron chi connectivity index (χ0n) is 14.7. The van der Waals surface area contributed by atoms with Crippen molar-refractivity contribution in [1.29, 1.82) is 0 Å². The van der Waals surface area contributed by atoms with E-state index >= 15 is 0 Å². The van der Waals surface area contributed by atoms with E-state index in [-0.39, 0.29) is 11.8 Å². The summed E-state index contributed by atoms with van der Waals surface area (Å²) in [6.45, 7) is 1.03. The second kappa shape index (κ2) is 9.43. The number of ether oxygens (including phenoxy) is 1. The Morgan fingerprint density at radius 2 is 1.54 bits per heavy atom. The molecular weight excluding hydrogens is 346 g/mol. The molecule has 0 bridgehead atoms. The number of hydrogen-bond acceptors (Lipinski definition) is 4. The van der Waals surface area contributed by atoms with Gasteiger partial charge in [0.2, 0.25) is 11.8 Å². The van der Waals surface area contributed by atoms with Crippen molar-refractivity contribution in [3.8, 4) is 5.75 Å². The Labute approximate surface area is 158 Å². The summed E-state index contributed by atoms with van der Waals surface area (Å²) in [4.78, 5) is 26.5. The predicted octanol–water partition coefficient (Wildman–Crippen LogP) is 4.29. The van der Waals surface area contributed by atoms with Gasteiger partial charge in [-0.25, -0.2) is 0 Å². The maximum absolute atomic E-state index is 12.0. The number of carbonyl (C=O) groups excluding carboxylic acids is 2. The van der Waals surface area contributed by atoms with Crippen molar-refractivity contribution in [3.63, 3.8) is 0 Å². The minimum atomic E-state index is -0.0299. The summed E-state index contributed by atoms with van der Waals surface area (Å²) >= 11 is 1.65. The highest BCUT2D eigenvalue weighted by molar-refractivity contribution is 7.99. The molecule has 0 unspecified atom stereocenters. The normalized spacial score (nSPS) is 15.0. The summed E-state index contributed by atoms with van der Waals surface area (Å²) in [6.07, 6.45) is 2.62. The van der Waals surface area contributed by atoms with Crippen molar-refractivity contribution in [2.75, 3.05) is 12.3 Å². The first-order valence-electron chi connectivity index (χ1n) is 8.95. The van der Waals surface area contributed by atoms with Crippen LogP contribution in [0.15, 0.2) is 59.5 Å². The van der Waals surface area contributed by atoms with E-state index in [1.54, 1.807) is 11.8 Å². The Bertz CT molecular complexity index is 713. The lowest BCUT2D eigenvalue weighted by Gasteiger charge is -2.18. The summed E-state index contributed by atoms with van der Waals surface area (Å²) in [5.74, 6) is 1.48. The quantitative estimate of drug-likeness (QED) is 0.540. The molecular formula is C21H23NO3S. The molecule has 1 fully saturated rings. The highest BCUT2D eigenvalue weighted by atomic mass is 32.2. The van der Waals surface area contributed by atoms with Gasteiger partial charge in [0.05, 0.1) is 0 Å². The molecule has 5 heteroatoms. The molecule has 1 aliphatic rings. The highest BCUT2D eigenvalue weighted by Crippen LogP contribution is 2.23. The Kier molecular flexibility index (Phi) is 6.72. The van der Waals surface area contributed by atoms with Crippen LogP contribution in [0.2, 0.25) is 0 Å². The van der Waals surface area contributed by atoms with E-state index in [0.717, 1.165) is 29.1 Å². The minimum absolute atomic E-state index is 0.0299. The predicted molar refractivity (Wildman–Crippen MR) is 103 cm³/mol. The molecule has 1 heterocycles. The van der Waals surface area contributed by atoms with Crippen molar-refractivity contribution in [2.24, 2.45) is 0 Å². The molecule has 0 spiro atoms. The van der Waals surface area contributed by atoms with E-state index in [1.165, 1.54) is 4.90 Å². The number of hydrogen-bond donors (Lipinski definition) is 0. The molecule has 0 atom stereocenters. The van der Waals surface area contributed by atoms with Crippen LogP contribution >= 0.6 is 11.8 Å². The van der Waals surface area contributed by atoms with Gasteiger partial charge in [0.1, 0.15) is 12.4 Å². The van der Waals surface area contributed by atoms with Gasteiger partial charge in [-0.2, -0.15) is 0 Å². The lowest BCUT2D eigenvalue weighted by Crippen LogP contribution is -2.36. The van der Waals surface area contributed by atoms with Gasteiger partial charge < -0.3 is 4.74 Å². The Hall–Kier alpha value is -2.27. The number of benzene rings is 2. The zero-order chi connectivity index (χ0) is 18.2.